The van der Waals surface area contributed by atoms with Crippen molar-refractivity contribution in [2.75, 3.05) is 27.4 Å². The van der Waals surface area contributed by atoms with E-state index < -0.39 is 29.2 Å². The zero-order chi connectivity index (χ0) is 28.8. The van der Waals surface area contributed by atoms with Crippen LogP contribution in [-0.2, 0) is 24.7 Å². The fraction of sp³-hybridized carbons (Fsp3) is 0.452. The highest BCUT2D eigenvalue weighted by atomic mass is 16.5. The highest BCUT2D eigenvalue weighted by molar-refractivity contribution is 5.90. The summed E-state index contributed by atoms with van der Waals surface area (Å²) >= 11 is 0. The minimum atomic E-state index is -0.905. The molecule has 2 aromatic rings. The number of carbonyl (C=O) groups is 3. The molecule has 8 heteroatoms. The van der Waals surface area contributed by atoms with Crippen molar-refractivity contribution < 1.29 is 28.6 Å². The van der Waals surface area contributed by atoms with Gasteiger partial charge in [0.15, 0.2) is 0 Å². The van der Waals surface area contributed by atoms with Crippen LogP contribution in [0.1, 0.15) is 51.2 Å². The van der Waals surface area contributed by atoms with Crippen molar-refractivity contribution in [2.45, 2.75) is 57.7 Å². The molecular weight excluding hydrogens is 496 g/mol. The van der Waals surface area contributed by atoms with Crippen LogP contribution in [0.4, 0.5) is 4.79 Å². The Hall–Kier alpha value is -3.65. The molecule has 1 aliphatic rings. The van der Waals surface area contributed by atoms with E-state index in [1.807, 2.05) is 51.1 Å². The fourth-order valence-corrected chi connectivity index (χ4v) is 5.02. The molecule has 2 amide bonds. The lowest BCUT2D eigenvalue weighted by Crippen LogP contribution is -2.56. The summed E-state index contributed by atoms with van der Waals surface area (Å²) < 4.78 is 16.8. The molecule has 0 bridgehead atoms. The van der Waals surface area contributed by atoms with Gasteiger partial charge in [0.05, 0.1) is 26.3 Å². The summed E-state index contributed by atoms with van der Waals surface area (Å²) in [7, 11) is 3.21. The molecule has 2 aromatic carbocycles. The normalized spacial score (nSPS) is 19.8. The molecule has 3 rings (SSSR count). The maximum Gasteiger partial charge on any atom is 0.407 e. The van der Waals surface area contributed by atoms with Crippen molar-refractivity contribution >= 4 is 35.1 Å². The van der Waals surface area contributed by atoms with Crippen LogP contribution >= 0.6 is 0 Å². The van der Waals surface area contributed by atoms with Gasteiger partial charge in [-0.1, -0.05) is 51.6 Å². The molecule has 1 N–H and O–H groups in total. The van der Waals surface area contributed by atoms with Gasteiger partial charge in [-0.05, 0) is 52.8 Å². The lowest BCUT2D eigenvalue weighted by molar-refractivity contribution is -0.139. The Labute approximate surface area is 231 Å². The third kappa shape index (κ3) is 6.50. The van der Waals surface area contributed by atoms with E-state index in [-0.39, 0.29) is 25.5 Å². The minimum absolute atomic E-state index is 0.157. The van der Waals surface area contributed by atoms with Crippen LogP contribution in [0.25, 0.3) is 16.8 Å². The number of nitrogens with one attached hydrogen (secondary N) is 1. The second kappa shape index (κ2) is 12.5. The van der Waals surface area contributed by atoms with Gasteiger partial charge in [-0.3, -0.25) is 4.79 Å². The summed E-state index contributed by atoms with van der Waals surface area (Å²) in [5, 5.41) is 4.67. The van der Waals surface area contributed by atoms with Gasteiger partial charge in [0, 0.05) is 19.1 Å². The lowest BCUT2D eigenvalue weighted by Gasteiger charge is -2.35. The number of likely N-dealkylation sites (tertiary alicyclic amines) is 1. The molecule has 8 nitrogen and oxygen atoms in total. The first-order valence-electron chi connectivity index (χ1n) is 13.1. The summed E-state index contributed by atoms with van der Waals surface area (Å²) in [5.41, 5.74) is 0.170. The van der Waals surface area contributed by atoms with Crippen LogP contribution in [0, 0.1) is 5.41 Å². The molecule has 0 aromatic heterocycles. The van der Waals surface area contributed by atoms with Crippen LogP contribution in [0.5, 0.6) is 5.75 Å². The molecule has 1 aliphatic heterocycles. The number of carbonyl (C=O) groups excluding carboxylic acids is 3. The first-order chi connectivity index (χ1) is 18.5. The van der Waals surface area contributed by atoms with Gasteiger partial charge >= 0.3 is 6.09 Å². The van der Waals surface area contributed by atoms with Crippen molar-refractivity contribution in [3.05, 3.63) is 60.7 Å². The van der Waals surface area contributed by atoms with Crippen LogP contribution in [0.2, 0.25) is 0 Å². The van der Waals surface area contributed by atoms with Gasteiger partial charge in [0.1, 0.15) is 23.7 Å². The number of ether oxygens (including phenoxy) is 3. The Bertz CT molecular complexity index is 1230. The standard InChI is InChI=1S/C31H40N2O6/c1-8-10-11-14-39-29(36)32-27(30(3,4)5)28(35)33-20-31(38-7,18-25(33)19-34)24-13-12-22-17-26(37-6)21(9-2)15-23(22)16-24/h8-9,12-13,15-17,19,25,27H,1-2,10-11,14,18,20H2,3-7H3,(H,32,36)/t25-,27+,31-/m0/s1. The smallest absolute Gasteiger partial charge is 0.407 e. The van der Waals surface area contributed by atoms with E-state index in [0.717, 1.165) is 40.4 Å². The SMILES string of the molecule is C=CCCCOC(=O)N[C@H](C(=O)N1C[C@](OC)(c2ccc3cc(OC)c(C=C)cc3c2)C[C@H]1C=O)C(C)(C)C. The Morgan fingerprint density at radius 3 is 2.51 bits per heavy atom. The van der Waals surface area contributed by atoms with Crippen molar-refractivity contribution in [1.82, 2.24) is 10.2 Å². The second-order valence-electron chi connectivity index (χ2n) is 10.9. The van der Waals surface area contributed by atoms with Gasteiger partial charge in [-0.15, -0.1) is 6.58 Å². The van der Waals surface area contributed by atoms with E-state index in [1.54, 1.807) is 26.4 Å². The maximum absolute atomic E-state index is 13.9. The zero-order valence-corrected chi connectivity index (χ0v) is 23.6. The topological polar surface area (TPSA) is 94.2 Å². The van der Waals surface area contributed by atoms with E-state index in [2.05, 4.69) is 18.5 Å². The fourth-order valence-electron chi connectivity index (χ4n) is 5.02. The van der Waals surface area contributed by atoms with Crippen molar-refractivity contribution in [1.29, 1.82) is 0 Å². The third-order valence-corrected chi connectivity index (χ3v) is 7.29. The number of alkyl carbamates (subject to hydrolysis) is 1. The van der Waals surface area contributed by atoms with E-state index in [0.29, 0.717) is 6.42 Å². The highest BCUT2D eigenvalue weighted by Gasteiger charge is 2.50. The number of hydrogen-bond donors (Lipinski definition) is 1. The van der Waals surface area contributed by atoms with E-state index in [9.17, 15) is 14.4 Å². The molecular formula is C31H40N2O6. The van der Waals surface area contributed by atoms with E-state index >= 15 is 0 Å². The molecule has 0 unspecified atom stereocenters. The number of fused-ring (bicyclic) bond motifs is 1. The second-order valence-corrected chi connectivity index (χ2v) is 10.9. The molecule has 3 atom stereocenters. The van der Waals surface area contributed by atoms with E-state index in [4.69, 9.17) is 14.2 Å². The number of benzene rings is 2. The number of unbranched alkanes of at least 4 members (excludes halogenated alkanes) is 1. The zero-order valence-electron chi connectivity index (χ0n) is 23.6. The number of aldehydes is 1. The van der Waals surface area contributed by atoms with Crippen molar-refractivity contribution in [2.24, 2.45) is 5.41 Å². The summed E-state index contributed by atoms with van der Waals surface area (Å²) in [6.45, 7) is 13.5. The van der Waals surface area contributed by atoms with Crippen LogP contribution in [0.15, 0.2) is 49.6 Å². The van der Waals surface area contributed by atoms with Crippen LogP contribution in [0.3, 0.4) is 0 Å². The van der Waals surface area contributed by atoms with Gasteiger partial charge in [0.25, 0.3) is 0 Å². The molecule has 0 aliphatic carbocycles. The summed E-state index contributed by atoms with van der Waals surface area (Å²) in [6.07, 6.45) is 5.25. The number of nitrogens with zero attached hydrogens (tertiary/aromatic N) is 1. The first-order valence-corrected chi connectivity index (χ1v) is 13.1. The number of rotatable bonds is 11. The van der Waals surface area contributed by atoms with Gasteiger partial charge in [-0.25, -0.2) is 4.79 Å². The Morgan fingerprint density at radius 1 is 1.18 bits per heavy atom. The largest absolute Gasteiger partial charge is 0.496 e. The molecule has 0 spiro atoms. The summed E-state index contributed by atoms with van der Waals surface area (Å²) in [4.78, 5) is 40.1. The summed E-state index contributed by atoms with van der Waals surface area (Å²) in [5.74, 6) is 0.367. The van der Waals surface area contributed by atoms with Gasteiger partial charge in [0.2, 0.25) is 5.91 Å². The predicted octanol–water partition coefficient (Wildman–Crippen LogP) is 5.24. The average Bonchev–Trinajstić information content (AvgIpc) is 3.32. The lowest BCUT2D eigenvalue weighted by atomic mass is 9.85. The predicted molar refractivity (Wildman–Crippen MR) is 153 cm³/mol. The molecule has 1 heterocycles. The third-order valence-electron chi connectivity index (χ3n) is 7.29. The molecule has 0 saturated carbocycles. The van der Waals surface area contributed by atoms with Crippen LogP contribution in [-0.4, -0.2) is 62.6 Å². The number of methoxy groups -OCH3 is 2. The first kappa shape index (κ1) is 29.9. The van der Waals surface area contributed by atoms with Crippen molar-refractivity contribution in [3.8, 4) is 5.75 Å². The molecule has 1 fully saturated rings. The van der Waals surface area contributed by atoms with E-state index in [1.165, 1.54) is 4.90 Å². The highest BCUT2D eigenvalue weighted by Crippen LogP contribution is 2.41. The Balaban J connectivity index is 1.91. The quantitative estimate of drug-likeness (QED) is 0.240. The number of allylic oxidation sites excluding steroid dienone is 1. The maximum atomic E-state index is 13.9. The number of amides is 2. The minimum Gasteiger partial charge on any atom is -0.496 e. The Morgan fingerprint density at radius 2 is 1.92 bits per heavy atom. The molecule has 0 radical (unpaired) electrons. The van der Waals surface area contributed by atoms with Gasteiger partial charge < -0.3 is 29.2 Å². The number of hydrogen-bond acceptors (Lipinski definition) is 6. The van der Waals surface area contributed by atoms with Gasteiger partial charge in [-0.2, -0.15) is 0 Å². The van der Waals surface area contributed by atoms with Crippen molar-refractivity contribution in [3.63, 3.8) is 0 Å². The Kier molecular flexibility index (Phi) is 9.56. The summed E-state index contributed by atoms with van der Waals surface area (Å²) in [6, 6.07) is 8.26. The molecule has 1 saturated heterocycles. The molecule has 39 heavy (non-hydrogen) atoms. The van der Waals surface area contributed by atoms with Crippen LogP contribution < -0.4 is 10.1 Å². The monoisotopic (exact) mass is 536 g/mol. The average molecular weight is 537 g/mol. The molecule has 210 valence electrons.